The average molecular weight is 339 g/mol. The second-order valence-electron chi connectivity index (χ2n) is 5.24. The van der Waals surface area contributed by atoms with Crippen LogP contribution in [0, 0.1) is 11.3 Å². The average Bonchev–Trinajstić information content (AvgIpc) is 3.04. The lowest BCUT2D eigenvalue weighted by atomic mass is 10.00. The first-order valence-electron chi connectivity index (χ1n) is 7.10. The van der Waals surface area contributed by atoms with Gasteiger partial charge in [0.1, 0.15) is 6.04 Å². The van der Waals surface area contributed by atoms with Crippen molar-refractivity contribution in [1.82, 2.24) is 10.2 Å². The molecule has 1 aliphatic heterocycles. The molecule has 0 fully saturated rings. The first-order valence-corrected chi connectivity index (χ1v) is 7.98. The van der Waals surface area contributed by atoms with Crippen molar-refractivity contribution >= 4 is 23.5 Å². The van der Waals surface area contributed by atoms with Crippen LogP contribution in [0.5, 0.6) is 0 Å². The van der Waals surface area contributed by atoms with Gasteiger partial charge in [-0.2, -0.15) is 5.26 Å². The van der Waals surface area contributed by atoms with Crippen molar-refractivity contribution in [2.45, 2.75) is 13.0 Å². The van der Waals surface area contributed by atoms with Crippen LogP contribution in [0.1, 0.15) is 17.8 Å². The number of thiophene rings is 1. The molecule has 1 unspecified atom stereocenters. The number of imide groups is 1. The molecule has 0 aliphatic carbocycles. The Bertz CT molecular complexity index is 880. The lowest BCUT2D eigenvalue weighted by molar-refractivity contribution is 0.136. The van der Waals surface area contributed by atoms with E-state index in [9.17, 15) is 20.0 Å². The van der Waals surface area contributed by atoms with Crippen LogP contribution in [-0.2, 0) is 0 Å². The molecule has 0 saturated heterocycles. The summed E-state index contributed by atoms with van der Waals surface area (Å²) in [5.74, 6) is 0. The molecule has 2 aromatic rings. The fraction of sp³-hybridized carbons (Fsp3) is 0.118. The van der Waals surface area contributed by atoms with E-state index in [1.807, 2.05) is 47.8 Å². The zero-order valence-electron chi connectivity index (χ0n) is 12.7. The number of nitrogens with one attached hydrogen (secondary N) is 1. The maximum atomic E-state index is 12.1. The van der Waals surface area contributed by atoms with E-state index in [-0.39, 0.29) is 5.57 Å². The molecule has 7 heteroatoms. The highest BCUT2D eigenvalue weighted by atomic mass is 32.1. The number of amides is 3. The topological polar surface area (TPSA) is 93.4 Å². The number of nitrogens with zero attached hydrogens (tertiary/aromatic N) is 2. The van der Waals surface area contributed by atoms with Crippen molar-refractivity contribution in [3.8, 4) is 17.2 Å². The smallest absolute Gasteiger partial charge is 0.416 e. The predicted molar refractivity (Wildman–Crippen MR) is 89.2 cm³/mol. The number of benzene rings is 1. The highest BCUT2D eigenvalue weighted by molar-refractivity contribution is 7.10. The summed E-state index contributed by atoms with van der Waals surface area (Å²) in [6.07, 6.45) is -1.40. The minimum Gasteiger partial charge on any atom is -0.465 e. The van der Waals surface area contributed by atoms with Crippen LogP contribution in [0.15, 0.2) is 53.0 Å². The molecule has 24 heavy (non-hydrogen) atoms. The Morgan fingerprint density at radius 2 is 2.04 bits per heavy atom. The Morgan fingerprint density at radius 3 is 2.67 bits per heavy atom. The van der Waals surface area contributed by atoms with Crippen LogP contribution < -0.4 is 5.32 Å². The van der Waals surface area contributed by atoms with Gasteiger partial charge in [-0.25, -0.2) is 14.5 Å². The van der Waals surface area contributed by atoms with Crippen molar-refractivity contribution in [2.75, 3.05) is 0 Å². The quantitative estimate of drug-likeness (QED) is 0.866. The molecule has 3 amide bonds. The molecule has 120 valence electrons. The van der Waals surface area contributed by atoms with Gasteiger partial charge >= 0.3 is 12.1 Å². The first kappa shape index (κ1) is 15.8. The summed E-state index contributed by atoms with van der Waals surface area (Å²) in [6, 6.07) is 11.8. The molecule has 1 aromatic heterocycles. The third-order valence-corrected chi connectivity index (χ3v) is 4.76. The van der Waals surface area contributed by atoms with Crippen molar-refractivity contribution in [3.63, 3.8) is 0 Å². The number of hydrogen-bond acceptors (Lipinski definition) is 4. The minimum atomic E-state index is -1.40. The van der Waals surface area contributed by atoms with Crippen LogP contribution in [0.4, 0.5) is 9.59 Å². The molecule has 0 saturated carbocycles. The van der Waals surface area contributed by atoms with Gasteiger partial charge in [0.05, 0.1) is 11.6 Å². The molecular formula is C17H13N3O3S. The van der Waals surface area contributed by atoms with Crippen molar-refractivity contribution in [3.05, 3.63) is 57.9 Å². The molecule has 6 nitrogen and oxygen atoms in total. The standard InChI is InChI=1S/C17H13N3O3S/c1-10-13(8-18)15(20(17(22)23)16(21)19-10)14-7-12(9-24-14)11-5-3-2-4-6-11/h2-7,9,15H,1H3,(H,19,21)(H,22,23). The second kappa shape index (κ2) is 6.18. The molecule has 1 aliphatic rings. The van der Waals surface area contributed by atoms with Gasteiger partial charge in [0.25, 0.3) is 0 Å². The van der Waals surface area contributed by atoms with Crippen LogP contribution in [-0.4, -0.2) is 22.1 Å². The molecule has 0 spiro atoms. The number of carbonyl (C=O) groups excluding carboxylic acids is 1. The summed E-state index contributed by atoms with van der Waals surface area (Å²) in [5.41, 5.74) is 2.50. The van der Waals surface area contributed by atoms with E-state index >= 15 is 0 Å². The molecule has 1 aromatic carbocycles. The summed E-state index contributed by atoms with van der Waals surface area (Å²) < 4.78 is 0. The number of carboxylic acid groups (broad SMARTS) is 1. The van der Waals surface area contributed by atoms with E-state index in [2.05, 4.69) is 5.32 Å². The molecule has 2 heterocycles. The van der Waals surface area contributed by atoms with Crippen LogP contribution >= 0.6 is 11.3 Å². The van der Waals surface area contributed by atoms with E-state index in [1.54, 1.807) is 6.92 Å². The molecule has 2 N–H and O–H groups in total. The van der Waals surface area contributed by atoms with Gasteiger partial charge in [0.15, 0.2) is 0 Å². The third-order valence-electron chi connectivity index (χ3n) is 3.77. The van der Waals surface area contributed by atoms with Gasteiger partial charge in [-0.3, -0.25) is 0 Å². The van der Waals surface area contributed by atoms with Gasteiger partial charge in [-0.15, -0.1) is 11.3 Å². The van der Waals surface area contributed by atoms with Gasteiger partial charge in [-0.05, 0) is 29.5 Å². The summed E-state index contributed by atoms with van der Waals surface area (Å²) in [6.45, 7) is 1.59. The lowest BCUT2D eigenvalue weighted by Crippen LogP contribution is -2.49. The van der Waals surface area contributed by atoms with Crippen LogP contribution in [0.25, 0.3) is 11.1 Å². The zero-order chi connectivity index (χ0) is 17.3. The third kappa shape index (κ3) is 2.64. The highest BCUT2D eigenvalue weighted by Crippen LogP contribution is 2.38. The molecule has 0 bridgehead atoms. The Labute approximate surface area is 142 Å². The fourth-order valence-electron chi connectivity index (χ4n) is 2.63. The Kier molecular flexibility index (Phi) is 4.06. The number of carbonyl (C=O) groups is 2. The number of rotatable bonds is 2. The maximum Gasteiger partial charge on any atom is 0.416 e. The summed E-state index contributed by atoms with van der Waals surface area (Å²) in [4.78, 5) is 24.9. The SMILES string of the molecule is CC1=C(C#N)C(c2cc(-c3ccccc3)cs2)N(C(=O)O)C(=O)N1. The van der Waals surface area contributed by atoms with Gasteiger partial charge < -0.3 is 10.4 Å². The van der Waals surface area contributed by atoms with E-state index in [1.165, 1.54) is 11.3 Å². The van der Waals surface area contributed by atoms with Crippen molar-refractivity contribution < 1.29 is 14.7 Å². The van der Waals surface area contributed by atoms with Crippen LogP contribution in [0.3, 0.4) is 0 Å². The first-order chi connectivity index (χ1) is 11.5. The normalized spacial score (nSPS) is 17.4. The summed E-state index contributed by atoms with van der Waals surface area (Å²) in [7, 11) is 0. The number of allylic oxidation sites excluding steroid dienone is 1. The highest BCUT2D eigenvalue weighted by Gasteiger charge is 2.39. The monoisotopic (exact) mass is 339 g/mol. The number of urea groups is 1. The van der Waals surface area contributed by atoms with Gasteiger partial charge in [0, 0.05) is 10.6 Å². The second-order valence-corrected chi connectivity index (χ2v) is 6.18. The lowest BCUT2D eigenvalue weighted by Gasteiger charge is -2.31. The van der Waals surface area contributed by atoms with E-state index in [0.29, 0.717) is 15.5 Å². The van der Waals surface area contributed by atoms with Crippen molar-refractivity contribution in [2.24, 2.45) is 0 Å². The molecule has 0 radical (unpaired) electrons. The van der Waals surface area contributed by atoms with Gasteiger partial charge in [0.2, 0.25) is 0 Å². The molecule has 3 rings (SSSR count). The Balaban J connectivity index is 2.09. The van der Waals surface area contributed by atoms with Gasteiger partial charge in [-0.1, -0.05) is 30.3 Å². The van der Waals surface area contributed by atoms with E-state index in [4.69, 9.17) is 0 Å². The summed E-state index contributed by atoms with van der Waals surface area (Å²) in [5, 5.41) is 23.1. The zero-order valence-corrected chi connectivity index (χ0v) is 13.5. The van der Waals surface area contributed by atoms with E-state index < -0.39 is 18.2 Å². The largest absolute Gasteiger partial charge is 0.465 e. The van der Waals surface area contributed by atoms with E-state index in [0.717, 1.165) is 11.1 Å². The predicted octanol–water partition coefficient (Wildman–Crippen LogP) is 3.96. The number of hydrogen-bond donors (Lipinski definition) is 2. The van der Waals surface area contributed by atoms with Crippen LogP contribution in [0.2, 0.25) is 0 Å². The Hall–Kier alpha value is -3.11. The maximum absolute atomic E-state index is 12.1. The fourth-order valence-corrected chi connectivity index (χ4v) is 3.64. The minimum absolute atomic E-state index is 0.221. The van der Waals surface area contributed by atoms with Crippen molar-refractivity contribution in [1.29, 1.82) is 5.26 Å². The Morgan fingerprint density at radius 1 is 1.33 bits per heavy atom. The summed E-state index contributed by atoms with van der Waals surface area (Å²) >= 11 is 1.32. The number of nitriles is 1. The molecular weight excluding hydrogens is 326 g/mol. The molecule has 1 atom stereocenters.